The van der Waals surface area contributed by atoms with Crippen LogP contribution in [-0.4, -0.2) is 26.7 Å². The van der Waals surface area contributed by atoms with E-state index in [0.717, 1.165) is 57.1 Å². The molecule has 0 spiro atoms. The Balaban J connectivity index is 1.10. The molecule has 41 heavy (non-hydrogen) atoms. The average molecular weight is 537 g/mol. The van der Waals surface area contributed by atoms with Gasteiger partial charge in [-0.25, -0.2) is 9.97 Å². The number of benzene rings is 3. The number of rotatable bonds is 9. The molecule has 1 fully saturated rings. The molecule has 0 amide bonds. The Kier molecular flexibility index (Phi) is 6.67. The highest BCUT2D eigenvalue weighted by atomic mass is 16.5. The minimum atomic E-state index is 0.543. The van der Waals surface area contributed by atoms with Crippen LogP contribution in [0.1, 0.15) is 12.8 Å². The van der Waals surface area contributed by atoms with Crippen molar-refractivity contribution in [1.82, 2.24) is 20.2 Å². The highest BCUT2D eigenvalue weighted by Crippen LogP contribution is 2.35. The van der Waals surface area contributed by atoms with Crippen LogP contribution in [0.5, 0.6) is 11.6 Å². The minimum absolute atomic E-state index is 0.543. The molecule has 200 valence electrons. The normalized spacial score (nSPS) is 12.7. The Bertz CT molecular complexity index is 1800. The van der Waals surface area contributed by atoms with Crippen LogP contribution in [0.15, 0.2) is 116 Å². The van der Waals surface area contributed by atoms with Crippen molar-refractivity contribution in [3.63, 3.8) is 0 Å². The second-order valence-electron chi connectivity index (χ2n) is 10.2. The summed E-state index contributed by atoms with van der Waals surface area (Å²) in [5, 5.41) is 18.0. The average Bonchev–Trinajstić information content (AvgIpc) is 3.87. The van der Waals surface area contributed by atoms with Gasteiger partial charge in [-0.05, 0) is 72.9 Å². The summed E-state index contributed by atoms with van der Waals surface area (Å²) < 4.78 is 6.24. The number of nitrogens with one attached hydrogen (secondary N) is 2. The molecule has 0 atom stereocenters. The Morgan fingerprint density at radius 3 is 2.34 bits per heavy atom. The lowest BCUT2D eigenvalue weighted by Gasteiger charge is -2.13. The van der Waals surface area contributed by atoms with E-state index in [0.29, 0.717) is 17.4 Å². The van der Waals surface area contributed by atoms with Crippen molar-refractivity contribution in [2.45, 2.75) is 12.8 Å². The zero-order valence-electron chi connectivity index (χ0n) is 22.4. The topological polar surface area (TPSA) is 84.9 Å². The monoisotopic (exact) mass is 536 g/mol. The Hall–Kier alpha value is -5.30. The molecular formula is C34H28N6O. The fourth-order valence-corrected chi connectivity index (χ4v) is 4.82. The van der Waals surface area contributed by atoms with Gasteiger partial charge in [0.25, 0.3) is 0 Å². The van der Waals surface area contributed by atoms with Crippen LogP contribution in [-0.2, 0) is 0 Å². The van der Waals surface area contributed by atoms with Gasteiger partial charge in [0.2, 0.25) is 5.88 Å². The molecule has 0 saturated heterocycles. The van der Waals surface area contributed by atoms with Crippen LogP contribution in [0.2, 0.25) is 0 Å². The molecule has 0 bridgehead atoms. The predicted molar refractivity (Wildman–Crippen MR) is 163 cm³/mol. The molecule has 2 N–H and O–H groups in total. The standard InChI is InChI=1S/C34H28N6O/c1-2-7-24(8-3-1)32-29-9-4-5-10-30(29)33(40-39-32)38-26-14-16-27(17-15-26)41-34-28(11-6-19-36-34)25-18-20-35-31(21-25)37-22-23-12-13-23/h1-11,14-21,23H,12-13,22H2,(H,35,37)(H,38,40). The molecule has 7 heteroatoms. The van der Waals surface area contributed by atoms with Crippen LogP contribution in [0.4, 0.5) is 17.3 Å². The SMILES string of the molecule is c1ccc(-c2nnc(Nc3ccc(Oc4ncccc4-c4ccnc(NCC5CC5)c4)cc3)c3ccccc23)cc1. The summed E-state index contributed by atoms with van der Waals surface area (Å²) in [5.41, 5.74) is 4.69. The van der Waals surface area contributed by atoms with Crippen molar-refractivity contribution in [2.75, 3.05) is 17.2 Å². The summed E-state index contributed by atoms with van der Waals surface area (Å²) in [6.07, 6.45) is 6.16. The van der Waals surface area contributed by atoms with Gasteiger partial charge in [0.15, 0.2) is 5.82 Å². The molecule has 0 radical (unpaired) electrons. The van der Waals surface area contributed by atoms with Crippen LogP contribution in [0, 0.1) is 5.92 Å². The van der Waals surface area contributed by atoms with Crippen molar-refractivity contribution < 1.29 is 4.74 Å². The molecule has 3 aromatic heterocycles. The lowest BCUT2D eigenvalue weighted by atomic mass is 10.0. The molecule has 3 heterocycles. The van der Waals surface area contributed by atoms with E-state index >= 15 is 0 Å². The smallest absolute Gasteiger partial charge is 0.227 e. The molecular weight excluding hydrogens is 508 g/mol. The molecule has 1 saturated carbocycles. The number of hydrogen-bond donors (Lipinski definition) is 2. The summed E-state index contributed by atoms with van der Waals surface area (Å²) in [7, 11) is 0. The first-order valence-electron chi connectivity index (χ1n) is 13.8. The van der Waals surface area contributed by atoms with Gasteiger partial charge in [-0.2, -0.15) is 0 Å². The van der Waals surface area contributed by atoms with E-state index in [-0.39, 0.29) is 0 Å². The second-order valence-corrected chi connectivity index (χ2v) is 10.2. The first kappa shape index (κ1) is 24.7. The quantitative estimate of drug-likeness (QED) is 0.193. The zero-order chi connectivity index (χ0) is 27.4. The number of fused-ring (bicyclic) bond motifs is 1. The number of nitrogens with zero attached hydrogens (tertiary/aromatic N) is 4. The molecule has 6 aromatic rings. The third-order valence-corrected chi connectivity index (χ3v) is 7.18. The number of anilines is 3. The first-order valence-corrected chi connectivity index (χ1v) is 13.8. The predicted octanol–water partition coefficient (Wildman–Crippen LogP) is 8.11. The van der Waals surface area contributed by atoms with Crippen molar-refractivity contribution >= 4 is 28.1 Å². The summed E-state index contributed by atoms with van der Waals surface area (Å²) in [5.74, 6) is 3.57. The zero-order valence-corrected chi connectivity index (χ0v) is 22.4. The van der Waals surface area contributed by atoms with Crippen LogP contribution >= 0.6 is 0 Å². The van der Waals surface area contributed by atoms with E-state index in [9.17, 15) is 0 Å². The second kappa shape index (κ2) is 11.1. The van der Waals surface area contributed by atoms with E-state index in [1.165, 1.54) is 12.8 Å². The van der Waals surface area contributed by atoms with Crippen molar-refractivity contribution in [1.29, 1.82) is 0 Å². The van der Waals surface area contributed by atoms with Gasteiger partial charge in [0, 0.05) is 46.5 Å². The molecule has 0 aliphatic heterocycles. The first-order chi connectivity index (χ1) is 20.3. The van der Waals surface area contributed by atoms with Crippen molar-refractivity contribution in [3.05, 3.63) is 116 Å². The van der Waals surface area contributed by atoms with Crippen LogP contribution in [0.3, 0.4) is 0 Å². The van der Waals surface area contributed by atoms with E-state index in [4.69, 9.17) is 4.74 Å². The maximum absolute atomic E-state index is 6.24. The molecule has 7 rings (SSSR count). The molecule has 1 aliphatic rings. The summed E-state index contributed by atoms with van der Waals surface area (Å²) >= 11 is 0. The van der Waals surface area contributed by atoms with Gasteiger partial charge >= 0.3 is 0 Å². The maximum Gasteiger partial charge on any atom is 0.227 e. The van der Waals surface area contributed by atoms with E-state index in [2.05, 4.69) is 55.1 Å². The van der Waals surface area contributed by atoms with E-state index in [1.54, 1.807) is 6.20 Å². The number of aromatic nitrogens is 4. The molecule has 0 unspecified atom stereocenters. The van der Waals surface area contributed by atoms with Crippen LogP contribution in [0.25, 0.3) is 33.2 Å². The lowest BCUT2D eigenvalue weighted by molar-refractivity contribution is 0.465. The van der Waals surface area contributed by atoms with E-state index in [1.807, 2.05) is 85.1 Å². The largest absolute Gasteiger partial charge is 0.438 e. The summed E-state index contributed by atoms with van der Waals surface area (Å²) in [6, 6.07) is 34.0. The van der Waals surface area contributed by atoms with Gasteiger partial charge < -0.3 is 15.4 Å². The minimum Gasteiger partial charge on any atom is -0.438 e. The maximum atomic E-state index is 6.24. The number of pyridine rings is 2. The highest BCUT2D eigenvalue weighted by molar-refractivity contribution is 6.00. The molecule has 1 aliphatic carbocycles. The fourth-order valence-electron chi connectivity index (χ4n) is 4.82. The van der Waals surface area contributed by atoms with Gasteiger partial charge in [-0.1, -0.05) is 54.6 Å². The Morgan fingerprint density at radius 1 is 0.707 bits per heavy atom. The Morgan fingerprint density at radius 2 is 1.51 bits per heavy atom. The van der Waals surface area contributed by atoms with Gasteiger partial charge in [0.05, 0.1) is 0 Å². The third-order valence-electron chi connectivity index (χ3n) is 7.18. The van der Waals surface area contributed by atoms with E-state index < -0.39 is 0 Å². The summed E-state index contributed by atoms with van der Waals surface area (Å²) in [4.78, 5) is 9.00. The van der Waals surface area contributed by atoms with Crippen molar-refractivity contribution in [2.24, 2.45) is 5.92 Å². The fraction of sp³-hybridized carbons (Fsp3) is 0.118. The molecule has 7 nitrogen and oxygen atoms in total. The molecule has 3 aromatic carbocycles. The Labute approximate surface area is 238 Å². The highest BCUT2D eigenvalue weighted by Gasteiger charge is 2.21. The van der Waals surface area contributed by atoms with Crippen LogP contribution < -0.4 is 15.4 Å². The lowest BCUT2D eigenvalue weighted by Crippen LogP contribution is -2.04. The summed E-state index contributed by atoms with van der Waals surface area (Å²) in [6.45, 7) is 0.964. The third kappa shape index (κ3) is 5.56. The number of ether oxygens (including phenoxy) is 1. The number of hydrogen-bond acceptors (Lipinski definition) is 7. The van der Waals surface area contributed by atoms with Gasteiger partial charge in [-0.15, -0.1) is 10.2 Å². The van der Waals surface area contributed by atoms with Crippen molar-refractivity contribution in [3.8, 4) is 34.0 Å². The van der Waals surface area contributed by atoms with Gasteiger partial charge in [0.1, 0.15) is 17.3 Å². The van der Waals surface area contributed by atoms with Gasteiger partial charge in [-0.3, -0.25) is 0 Å².